The molecule has 1 aliphatic heterocycles. The van der Waals surface area contributed by atoms with Crippen molar-refractivity contribution in [2.45, 2.75) is 51.5 Å². The Morgan fingerprint density at radius 2 is 1.94 bits per heavy atom. The lowest BCUT2D eigenvalue weighted by molar-refractivity contribution is 0.0172. The number of piperidine rings is 1. The van der Waals surface area contributed by atoms with E-state index in [1.54, 1.807) is 0 Å². The summed E-state index contributed by atoms with van der Waals surface area (Å²) < 4.78 is 1.86. The third-order valence-electron chi connectivity index (χ3n) is 8.57. The summed E-state index contributed by atoms with van der Waals surface area (Å²) in [5, 5.41) is 16.8. The topological polar surface area (TPSA) is 58.9 Å². The highest BCUT2D eigenvalue weighted by atomic mass is 15.3. The van der Waals surface area contributed by atoms with Crippen molar-refractivity contribution in [1.82, 2.24) is 24.9 Å². The smallest absolute Gasteiger partial charge is 0.148 e. The Kier molecular flexibility index (Phi) is 4.67. The van der Waals surface area contributed by atoms with Crippen LogP contribution < -0.4 is 5.32 Å². The van der Waals surface area contributed by atoms with E-state index in [9.17, 15) is 0 Å². The van der Waals surface area contributed by atoms with Crippen LogP contribution in [0.15, 0.2) is 30.5 Å². The van der Waals surface area contributed by atoms with E-state index >= 15 is 0 Å². The standard InChI is InChI=1S/C25H34N6/c1-17-15-26-30(2)24(17)22-5-6-23(29-28-22)27-21-13-25(14-21)7-9-31(10-8-25)16-20-12-18-3-4-19(20)11-18/h3-6,15,18-21H,7-14,16H2,1-2H3,(H,27,29). The molecule has 1 spiro atoms. The lowest BCUT2D eigenvalue weighted by Crippen LogP contribution is -2.52. The average Bonchev–Trinajstić information content (AvgIpc) is 3.45. The van der Waals surface area contributed by atoms with Gasteiger partial charge in [-0.05, 0) is 99.4 Å². The van der Waals surface area contributed by atoms with E-state index in [0.29, 0.717) is 11.5 Å². The first kappa shape index (κ1) is 19.5. The summed E-state index contributed by atoms with van der Waals surface area (Å²) in [5.41, 5.74) is 3.62. The van der Waals surface area contributed by atoms with E-state index in [0.717, 1.165) is 40.5 Å². The number of nitrogens with zero attached hydrogens (tertiary/aromatic N) is 5. The summed E-state index contributed by atoms with van der Waals surface area (Å²) in [7, 11) is 1.95. The quantitative estimate of drug-likeness (QED) is 0.742. The lowest BCUT2D eigenvalue weighted by atomic mass is 9.60. The van der Waals surface area contributed by atoms with Gasteiger partial charge in [-0.1, -0.05) is 12.2 Å². The first-order valence-corrected chi connectivity index (χ1v) is 12.1. The van der Waals surface area contributed by atoms with Gasteiger partial charge in [-0.25, -0.2) is 0 Å². The number of anilines is 1. The molecule has 2 aromatic rings. The van der Waals surface area contributed by atoms with Crippen molar-refractivity contribution in [2.75, 3.05) is 25.0 Å². The van der Waals surface area contributed by atoms with Crippen molar-refractivity contribution in [1.29, 1.82) is 0 Å². The number of aromatic nitrogens is 4. The van der Waals surface area contributed by atoms with E-state index in [2.05, 4.69) is 56.7 Å². The molecule has 6 nitrogen and oxygen atoms in total. The van der Waals surface area contributed by atoms with Gasteiger partial charge in [-0.2, -0.15) is 5.10 Å². The SMILES string of the molecule is Cc1cnn(C)c1-c1ccc(NC2CC3(CCN(CC4CC5C=CC4C5)CC3)C2)nn1. The molecule has 1 N–H and O–H groups in total. The van der Waals surface area contributed by atoms with Gasteiger partial charge < -0.3 is 10.2 Å². The van der Waals surface area contributed by atoms with Crippen molar-refractivity contribution in [3.05, 3.63) is 36.0 Å². The monoisotopic (exact) mass is 418 g/mol. The van der Waals surface area contributed by atoms with Crippen LogP contribution in [-0.4, -0.2) is 50.6 Å². The van der Waals surface area contributed by atoms with Crippen LogP contribution in [0, 0.1) is 30.1 Å². The van der Waals surface area contributed by atoms with Crippen LogP contribution in [-0.2, 0) is 7.05 Å². The zero-order valence-electron chi connectivity index (χ0n) is 18.8. The van der Waals surface area contributed by atoms with Gasteiger partial charge in [0.2, 0.25) is 0 Å². The number of fused-ring (bicyclic) bond motifs is 2. The van der Waals surface area contributed by atoms with Crippen molar-refractivity contribution >= 4 is 5.82 Å². The van der Waals surface area contributed by atoms with Crippen LogP contribution in [0.1, 0.15) is 44.1 Å². The Morgan fingerprint density at radius 3 is 2.55 bits per heavy atom. The fraction of sp³-hybridized carbons (Fsp3) is 0.640. The van der Waals surface area contributed by atoms with Gasteiger partial charge in [-0.3, -0.25) is 4.68 Å². The number of rotatable bonds is 5. The zero-order valence-corrected chi connectivity index (χ0v) is 18.8. The third kappa shape index (κ3) is 3.59. The molecule has 164 valence electrons. The molecule has 3 atom stereocenters. The molecule has 1 saturated heterocycles. The summed E-state index contributed by atoms with van der Waals surface area (Å²) in [6.07, 6.45) is 15.0. The van der Waals surface area contributed by atoms with Crippen molar-refractivity contribution < 1.29 is 0 Å². The number of aryl methyl sites for hydroxylation is 2. The van der Waals surface area contributed by atoms with Gasteiger partial charge in [0.1, 0.15) is 11.5 Å². The first-order valence-electron chi connectivity index (χ1n) is 12.1. The van der Waals surface area contributed by atoms with E-state index in [-0.39, 0.29) is 0 Å². The van der Waals surface area contributed by atoms with E-state index in [1.165, 1.54) is 58.2 Å². The molecule has 3 aliphatic carbocycles. The number of allylic oxidation sites excluding steroid dienone is 2. The summed E-state index contributed by atoms with van der Waals surface area (Å²) in [5.74, 6) is 3.60. The highest BCUT2D eigenvalue weighted by Gasteiger charge is 2.46. The zero-order chi connectivity index (χ0) is 21.0. The van der Waals surface area contributed by atoms with E-state index in [4.69, 9.17) is 0 Å². The Morgan fingerprint density at radius 1 is 1.10 bits per heavy atom. The molecule has 0 amide bonds. The molecule has 0 aromatic carbocycles. The van der Waals surface area contributed by atoms with Gasteiger partial charge in [-0.15, -0.1) is 10.2 Å². The highest BCUT2D eigenvalue weighted by Crippen LogP contribution is 2.50. The van der Waals surface area contributed by atoms with E-state index < -0.39 is 0 Å². The van der Waals surface area contributed by atoms with Gasteiger partial charge >= 0.3 is 0 Å². The van der Waals surface area contributed by atoms with Gasteiger partial charge in [0, 0.05) is 19.6 Å². The average molecular weight is 419 g/mol. The number of hydrogen-bond donors (Lipinski definition) is 1. The molecular weight excluding hydrogens is 384 g/mol. The van der Waals surface area contributed by atoms with E-state index in [1.807, 2.05) is 17.9 Å². The fourth-order valence-corrected chi connectivity index (χ4v) is 6.80. The Balaban J connectivity index is 0.987. The summed E-state index contributed by atoms with van der Waals surface area (Å²) in [4.78, 5) is 2.76. The molecule has 2 bridgehead atoms. The minimum absolute atomic E-state index is 0.542. The number of nitrogens with one attached hydrogen (secondary N) is 1. The van der Waals surface area contributed by atoms with Crippen molar-refractivity contribution in [3.63, 3.8) is 0 Å². The Labute approximate surface area is 185 Å². The maximum Gasteiger partial charge on any atom is 0.148 e. The second kappa shape index (κ2) is 7.44. The fourth-order valence-electron chi connectivity index (χ4n) is 6.80. The molecule has 3 heterocycles. The molecule has 0 radical (unpaired) electrons. The van der Waals surface area contributed by atoms with Gasteiger partial charge in [0.15, 0.2) is 0 Å². The molecule has 31 heavy (non-hydrogen) atoms. The van der Waals surface area contributed by atoms with Crippen LogP contribution in [0.2, 0.25) is 0 Å². The number of hydrogen-bond acceptors (Lipinski definition) is 5. The molecular formula is C25H34N6. The minimum atomic E-state index is 0.542. The van der Waals surface area contributed by atoms with Crippen LogP contribution in [0.3, 0.4) is 0 Å². The second-order valence-electron chi connectivity index (χ2n) is 10.7. The van der Waals surface area contributed by atoms with Crippen LogP contribution >= 0.6 is 0 Å². The van der Waals surface area contributed by atoms with Gasteiger partial charge in [0.05, 0.1) is 11.9 Å². The largest absolute Gasteiger partial charge is 0.366 e. The van der Waals surface area contributed by atoms with Crippen molar-refractivity contribution in [3.8, 4) is 11.4 Å². The molecule has 3 fully saturated rings. The second-order valence-corrected chi connectivity index (χ2v) is 10.7. The summed E-state index contributed by atoms with van der Waals surface area (Å²) in [6.45, 7) is 5.98. The molecule has 2 aromatic heterocycles. The lowest BCUT2D eigenvalue weighted by Gasteiger charge is -2.52. The minimum Gasteiger partial charge on any atom is -0.366 e. The van der Waals surface area contributed by atoms with Gasteiger partial charge in [0.25, 0.3) is 0 Å². The Hall–Kier alpha value is -2.21. The molecule has 2 saturated carbocycles. The molecule has 4 aliphatic rings. The normalized spacial score (nSPS) is 29.5. The van der Waals surface area contributed by atoms with Crippen LogP contribution in [0.4, 0.5) is 5.82 Å². The molecule has 6 rings (SSSR count). The predicted octanol–water partition coefficient (Wildman–Crippen LogP) is 4.05. The molecule has 6 heteroatoms. The van der Waals surface area contributed by atoms with Crippen LogP contribution in [0.5, 0.6) is 0 Å². The third-order valence-corrected chi connectivity index (χ3v) is 8.57. The highest BCUT2D eigenvalue weighted by molar-refractivity contribution is 5.59. The summed E-state index contributed by atoms with van der Waals surface area (Å²) >= 11 is 0. The predicted molar refractivity (Wildman–Crippen MR) is 123 cm³/mol. The maximum absolute atomic E-state index is 4.45. The first-order chi connectivity index (χ1) is 15.1. The van der Waals surface area contributed by atoms with Crippen LogP contribution in [0.25, 0.3) is 11.4 Å². The Bertz CT molecular complexity index is 941. The maximum atomic E-state index is 4.45. The summed E-state index contributed by atoms with van der Waals surface area (Å²) in [6, 6.07) is 4.66. The molecule has 3 unspecified atom stereocenters. The van der Waals surface area contributed by atoms with Crippen molar-refractivity contribution in [2.24, 2.45) is 30.2 Å². The number of likely N-dealkylation sites (tertiary alicyclic amines) is 1.